The van der Waals surface area contributed by atoms with Crippen molar-refractivity contribution in [3.05, 3.63) is 52.5 Å². The molecule has 3 amide bonds. The number of hydrogen-bond donors (Lipinski definition) is 4. The number of urea groups is 1. The van der Waals surface area contributed by atoms with Gasteiger partial charge in [-0.15, -0.1) is 0 Å². The van der Waals surface area contributed by atoms with Crippen LogP contribution in [0.15, 0.2) is 41.9 Å². The lowest BCUT2D eigenvalue weighted by molar-refractivity contribution is -0.118. The Morgan fingerprint density at radius 2 is 2.17 bits per heavy atom. The first-order valence-electron chi connectivity index (χ1n) is 7.24. The largest absolute Gasteiger partial charge is 0.491 e. The molecule has 0 aliphatic carbocycles. The number of halogens is 1. The van der Waals surface area contributed by atoms with E-state index in [9.17, 15) is 9.59 Å². The molecule has 0 saturated heterocycles. The third kappa shape index (κ3) is 4.20. The van der Waals surface area contributed by atoms with Gasteiger partial charge in [0.05, 0.1) is 17.4 Å². The minimum atomic E-state index is -0.556. The van der Waals surface area contributed by atoms with Gasteiger partial charge in [0.15, 0.2) is 0 Å². The third-order valence-electron chi connectivity index (χ3n) is 3.33. The first-order chi connectivity index (χ1) is 11.3. The highest BCUT2D eigenvalue weighted by molar-refractivity contribution is 6.30. The summed E-state index contributed by atoms with van der Waals surface area (Å²) < 4.78 is 5.67. The van der Waals surface area contributed by atoms with Crippen LogP contribution < -0.4 is 26.4 Å². The molecule has 1 aliphatic rings. The summed E-state index contributed by atoms with van der Waals surface area (Å²) >= 11 is 5.90. The number of nitrogens with two attached hydrogens (primary N) is 1. The monoisotopic (exact) mass is 350 g/mol. The van der Waals surface area contributed by atoms with E-state index >= 15 is 0 Å². The number of ether oxygens (including phenoxy) is 1. The van der Waals surface area contributed by atoms with Gasteiger partial charge in [0, 0.05) is 5.02 Å². The van der Waals surface area contributed by atoms with Crippen LogP contribution in [0, 0.1) is 6.92 Å². The highest BCUT2D eigenvalue weighted by Crippen LogP contribution is 2.21. The van der Waals surface area contributed by atoms with Crippen molar-refractivity contribution >= 4 is 23.5 Å². The van der Waals surface area contributed by atoms with Gasteiger partial charge in [-0.25, -0.2) is 4.79 Å². The standard InChI is InChI=1S/C16H19ClN4O3/c1-8-6-11(17)4-5-12(8)24-7-9(2)19-15(22)14-13(18)10(3)20-16(23)21-14/h4-6,9H,3,7,18H2,1-2H3,(H,19,22)(H2,20,21,23)/t9-/m1/s1. The molecule has 1 aliphatic heterocycles. The smallest absolute Gasteiger partial charge is 0.323 e. The molecule has 0 aromatic heterocycles. The Labute approximate surface area is 144 Å². The molecule has 1 aromatic rings. The van der Waals surface area contributed by atoms with E-state index in [1.165, 1.54) is 0 Å². The molecular weight excluding hydrogens is 332 g/mol. The van der Waals surface area contributed by atoms with Crippen molar-refractivity contribution in [2.24, 2.45) is 5.73 Å². The first-order valence-corrected chi connectivity index (χ1v) is 7.62. The maximum Gasteiger partial charge on any atom is 0.323 e. The summed E-state index contributed by atoms with van der Waals surface area (Å²) in [6.07, 6.45) is 0. The van der Waals surface area contributed by atoms with Crippen LogP contribution in [0.5, 0.6) is 5.75 Å². The Hall–Kier alpha value is -2.67. The van der Waals surface area contributed by atoms with Crippen molar-refractivity contribution in [1.29, 1.82) is 0 Å². The summed E-state index contributed by atoms with van der Waals surface area (Å²) in [5.74, 6) is 0.176. The number of nitrogens with one attached hydrogen (secondary N) is 3. The number of benzene rings is 1. The van der Waals surface area contributed by atoms with Crippen LogP contribution in [0.3, 0.4) is 0 Å². The van der Waals surface area contributed by atoms with Crippen molar-refractivity contribution in [2.75, 3.05) is 6.61 Å². The first kappa shape index (κ1) is 17.7. The van der Waals surface area contributed by atoms with Crippen LogP contribution in [0.1, 0.15) is 12.5 Å². The van der Waals surface area contributed by atoms with Gasteiger partial charge in [-0.2, -0.15) is 0 Å². The molecule has 24 heavy (non-hydrogen) atoms. The topological polar surface area (TPSA) is 105 Å². The second kappa shape index (κ2) is 7.27. The van der Waals surface area contributed by atoms with Gasteiger partial charge in [0.2, 0.25) is 0 Å². The summed E-state index contributed by atoms with van der Waals surface area (Å²) in [6, 6.07) is 4.42. The SMILES string of the molecule is C=C1NC(=O)NC(C(=O)N[C@H](C)COc2ccc(Cl)cc2C)=C1N. The molecule has 0 saturated carbocycles. The molecule has 128 valence electrons. The lowest BCUT2D eigenvalue weighted by Gasteiger charge is -2.22. The predicted octanol–water partition coefficient (Wildman–Crippen LogP) is 1.53. The van der Waals surface area contributed by atoms with Gasteiger partial charge < -0.3 is 26.4 Å². The molecule has 1 atom stereocenters. The zero-order valence-corrected chi connectivity index (χ0v) is 14.2. The summed E-state index contributed by atoms with van der Waals surface area (Å²) in [4.78, 5) is 23.6. The Kier molecular flexibility index (Phi) is 5.35. The Balaban J connectivity index is 1.95. The molecule has 0 unspecified atom stereocenters. The summed E-state index contributed by atoms with van der Waals surface area (Å²) in [6.45, 7) is 7.48. The fourth-order valence-electron chi connectivity index (χ4n) is 2.07. The molecule has 7 nitrogen and oxygen atoms in total. The van der Waals surface area contributed by atoms with Gasteiger partial charge in [0.1, 0.15) is 18.1 Å². The third-order valence-corrected chi connectivity index (χ3v) is 3.56. The summed E-state index contributed by atoms with van der Waals surface area (Å²) in [5.41, 5.74) is 6.90. The molecule has 1 aromatic carbocycles. The van der Waals surface area contributed by atoms with E-state index in [2.05, 4.69) is 22.5 Å². The van der Waals surface area contributed by atoms with E-state index < -0.39 is 11.9 Å². The lowest BCUT2D eigenvalue weighted by atomic mass is 10.2. The molecule has 0 spiro atoms. The molecule has 5 N–H and O–H groups in total. The van der Waals surface area contributed by atoms with Gasteiger partial charge in [-0.3, -0.25) is 4.79 Å². The van der Waals surface area contributed by atoms with E-state index in [1.54, 1.807) is 25.1 Å². The second-order valence-electron chi connectivity index (χ2n) is 5.44. The van der Waals surface area contributed by atoms with Crippen LogP contribution in [-0.2, 0) is 4.79 Å². The van der Waals surface area contributed by atoms with E-state index in [0.29, 0.717) is 10.8 Å². The highest BCUT2D eigenvalue weighted by Gasteiger charge is 2.24. The van der Waals surface area contributed by atoms with Crippen molar-refractivity contribution < 1.29 is 14.3 Å². The molecule has 1 heterocycles. The number of amides is 3. The predicted molar refractivity (Wildman–Crippen MR) is 91.3 cm³/mol. The van der Waals surface area contributed by atoms with E-state index in [-0.39, 0.29) is 29.7 Å². The van der Waals surface area contributed by atoms with Crippen LogP contribution in [0.25, 0.3) is 0 Å². The Morgan fingerprint density at radius 3 is 2.83 bits per heavy atom. The van der Waals surface area contributed by atoms with Crippen LogP contribution >= 0.6 is 11.6 Å². The number of rotatable bonds is 5. The van der Waals surface area contributed by atoms with Crippen LogP contribution in [-0.4, -0.2) is 24.6 Å². The molecule has 0 radical (unpaired) electrons. The van der Waals surface area contributed by atoms with Crippen molar-refractivity contribution in [1.82, 2.24) is 16.0 Å². The van der Waals surface area contributed by atoms with E-state index in [4.69, 9.17) is 22.1 Å². The van der Waals surface area contributed by atoms with Gasteiger partial charge in [-0.1, -0.05) is 18.2 Å². The molecule has 8 heteroatoms. The van der Waals surface area contributed by atoms with Gasteiger partial charge in [-0.05, 0) is 37.6 Å². The van der Waals surface area contributed by atoms with Crippen LogP contribution in [0.4, 0.5) is 4.79 Å². The number of carbonyl (C=O) groups is 2. The lowest BCUT2D eigenvalue weighted by Crippen LogP contribution is -2.49. The van der Waals surface area contributed by atoms with Crippen LogP contribution in [0.2, 0.25) is 5.02 Å². The zero-order valence-electron chi connectivity index (χ0n) is 13.4. The quantitative estimate of drug-likeness (QED) is 0.646. The normalized spacial score (nSPS) is 15.5. The molecular formula is C16H19ClN4O3. The maximum atomic E-state index is 12.2. The average Bonchev–Trinajstić information content (AvgIpc) is 2.49. The molecule has 0 bridgehead atoms. The van der Waals surface area contributed by atoms with Gasteiger partial charge in [0.25, 0.3) is 5.91 Å². The minimum absolute atomic E-state index is 0.0294. The summed E-state index contributed by atoms with van der Waals surface area (Å²) in [5, 5.41) is 8.09. The Bertz CT molecular complexity index is 730. The minimum Gasteiger partial charge on any atom is -0.491 e. The number of hydrogen-bond acceptors (Lipinski definition) is 4. The number of carbonyl (C=O) groups excluding carboxylic acids is 2. The second-order valence-corrected chi connectivity index (χ2v) is 5.88. The van der Waals surface area contributed by atoms with Crippen molar-refractivity contribution in [3.63, 3.8) is 0 Å². The number of aryl methyl sites for hydroxylation is 1. The maximum absolute atomic E-state index is 12.2. The fraction of sp³-hybridized carbons (Fsp3) is 0.250. The fourth-order valence-corrected chi connectivity index (χ4v) is 2.30. The highest BCUT2D eigenvalue weighted by atomic mass is 35.5. The Morgan fingerprint density at radius 1 is 1.46 bits per heavy atom. The van der Waals surface area contributed by atoms with E-state index in [1.807, 2.05) is 6.92 Å². The molecule has 2 rings (SSSR count). The van der Waals surface area contributed by atoms with Crippen molar-refractivity contribution in [3.8, 4) is 5.75 Å². The van der Waals surface area contributed by atoms with E-state index in [0.717, 1.165) is 5.56 Å². The molecule has 0 fully saturated rings. The van der Waals surface area contributed by atoms with Gasteiger partial charge >= 0.3 is 6.03 Å². The van der Waals surface area contributed by atoms with Crippen molar-refractivity contribution in [2.45, 2.75) is 19.9 Å². The summed E-state index contributed by atoms with van der Waals surface area (Å²) in [7, 11) is 0. The average molecular weight is 351 g/mol. The zero-order chi connectivity index (χ0) is 17.9.